The molecular weight excluding hydrogens is 554 g/mol. The van der Waals surface area contributed by atoms with Crippen LogP contribution in [0.3, 0.4) is 0 Å². The lowest BCUT2D eigenvalue weighted by atomic mass is 9.96. The first-order valence-electron chi connectivity index (χ1n) is 13.7. The molecule has 0 bridgehead atoms. The summed E-state index contributed by atoms with van der Waals surface area (Å²) in [5, 5.41) is 0. The summed E-state index contributed by atoms with van der Waals surface area (Å²) in [6.07, 6.45) is 1.97. The number of carbonyl (C=O) groups excluding carboxylic acids is 1. The molecule has 0 saturated carbocycles. The van der Waals surface area contributed by atoms with Crippen molar-refractivity contribution in [1.82, 2.24) is 19.4 Å². The molecule has 2 fully saturated rings. The van der Waals surface area contributed by atoms with Crippen molar-refractivity contribution in [3.8, 4) is 11.4 Å². The monoisotopic (exact) mass is 587 g/mol. The predicted octanol–water partition coefficient (Wildman–Crippen LogP) is 5.36. The summed E-state index contributed by atoms with van der Waals surface area (Å²) in [6.45, 7) is 5.59. The minimum Gasteiger partial charge on any atom is -0.495 e. The lowest BCUT2D eigenvalue weighted by Gasteiger charge is -2.40. The van der Waals surface area contributed by atoms with E-state index in [2.05, 4.69) is 77.7 Å². The molecule has 6 rings (SSSR count). The number of para-hydroxylation sites is 4. The van der Waals surface area contributed by atoms with Crippen LogP contribution in [-0.2, 0) is 11.3 Å². The molecule has 3 aromatic carbocycles. The largest absolute Gasteiger partial charge is 0.495 e. The van der Waals surface area contributed by atoms with Crippen LogP contribution in [0.25, 0.3) is 16.7 Å². The van der Waals surface area contributed by atoms with Crippen molar-refractivity contribution < 1.29 is 9.53 Å². The number of nitrogens with zero attached hydrogens (tertiary/aromatic N) is 5. The molecule has 0 radical (unpaired) electrons. The van der Waals surface area contributed by atoms with Crippen LogP contribution in [0.5, 0.6) is 5.75 Å². The molecule has 0 spiro atoms. The van der Waals surface area contributed by atoms with Gasteiger partial charge in [-0.2, -0.15) is 0 Å². The molecule has 1 atom stereocenters. The highest BCUT2D eigenvalue weighted by Gasteiger charge is 2.32. The number of rotatable bonds is 6. The van der Waals surface area contributed by atoms with Crippen LogP contribution < -0.4 is 9.64 Å². The molecule has 8 heteroatoms. The van der Waals surface area contributed by atoms with Gasteiger partial charge in [-0.15, -0.1) is 0 Å². The van der Waals surface area contributed by atoms with Crippen LogP contribution in [-0.4, -0.2) is 71.6 Å². The fraction of sp³-hybridized carbons (Fsp3) is 0.355. The number of hydrogen-bond donors (Lipinski definition) is 0. The number of amides is 1. The number of hydrogen-bond acceptors (Lipinski definition) is 5. The Bertz CT molecular complexity index is 1460. The number of likely N-dealkylation sites (tertiary alicyclic amines) is 1. The number of halogens is 1. The Morgan fingerprint density at radius 1 is 0.974 bits per heavy atom. The van der Waals surface area contributed by atoms with Crippen LogP contribution in [0, 0.1) is 5.92 Å². The maximum absolute atomic E-state index is 13.6. The summed E-state index contributed by atoms with van der Waals surface area (Å²) in [7, 11) is 1.71. The van der Waals surface area contributed by atoms with E-state index in [-0.39, 0.29) is 5.92 Å². The summed E-state index contributed by atoms with van der Waals surface area (Å²) in [4.78, 5) is 25.4. The normalized spacial score (nSPS) is 18.5. The molecule has 202 valence electrons. The topological polar surface area (TPSA) is 53.8 Å². The highest BCUT2D eigenvalue weighted by molar-refractivity contribution is 9.10. The van der Waals surface area contributed by atoms with Crippen LogP contribution in [0.4, 0.5) is 5.69 Å². The molecule has 2 saturated heterocycles. The second kappa shape index (κ2) is 11.4. The van der Waals surface area contributed by atoms with E-state index in [0.717, 1.165) is 90.6 Å². The van der Waals surface area contributed by atoms with Crippen molar-refractivity contribution in [1.29, 1.82) is 0 Å². The Morgan fingerprint density at radius 2 is 1.77 bits per heavy atom. The predicted molar refractivity (Wildman–Crippen MR) is 159 cm³/mol. The zero-order valence-electron chi connectivity index (χ0n) is 22.3. The maximum Gasteiger partial charge on any atom is 0.227 e. The van der Waals surface area contributed by atoms with Crippen LogP contribution >= 0.6 is 15.9 Å². The van der Waals surface area contributed by atoms with Gasteiger partial charge in [-0.05, 0) is 61.9 Å². The van der Waals surface area contributed by atoms with Gasteiger partial charge < -0.3 is 14.5 Å². The number of fused-ring (bicyclic) bond motifs is 1. The third kappa shape index (κ3) is 5.40. The smallest absolute Gasteiger partial charge is 0.227 e. The van der Waals surface area contributed by atoms with Crippen molar-refractivity contribution in [2.45, 2.75) is 19.4 Å². The fourth-order valence-electron chi connectivity index (χ4n) is 6.00. The standard InChI is InChI=1S/C31H34BrN5O2/c1-39-29-14-5-4-13-28(29)35-16-18-36(19-17-35)31(38)23-8-7-15-34(21-23)22-30-33-26-11-2-3-12-27(26)37(30)25-10-6-9-24(32)20-25/h2-6,9-14,20,23H,7-8,15-19,21-22H2,1H3/t23-/m0/s1. The van der Waals surface area contributed by atoms with E-state index in [1.807, 2.05) is 30.3 Å². The fourth-order valence-corrected chi connectivity index (χ4v) is 6.39. The number of anilines is 1. The maximum atomic E-state index is 13.6. The molecule has 1 amide bonds. The molecule has 3 heterocycles. The minimum absolute atomic E-state index is 0.0280. The van der Waals surface area contributed by atoms with Crippen LogP contribution in [0.1, 0.15) is 18.7 Å². The summed E-state index contributed by atoms with van der Waals surface area (Å²) < 4.78 is 8.85. The zero-order valence-corrected chi connectivity index (χ0v) is 23.9. The Morgan fingerprint density at radius 3 is 2.59 bits per heavy atom. The number of piperazine rings is 1. The Hall–Kier alpha value is -3.36. The van der Waals surface area contributed by atoms with Gasteiger partial charge in [-0.25, -0.2) is 4.98 Å². The van der Waals surface area contributed by atoms with Crippen molar-refractivity contribution in [3.05, 3.63) is 83.1 Å². The highest BCUT2D eigenvalue weighted by Crippen LogP contribution is 2.30. The Kier molecular flexibility index (Phi) is 7.57. The molecule has 0 N–H and O–H groups in total. The van der Waals surface area contributed by atoms with E-state index in [1.165, 1.54) is 0 Å². The second-order valence-electron chi connectivity index (χ2n) is 10.4. The molecular formula is C31H34BrN5O2. The average Bonchev–Trinajstić information content (AvgIpc) is 3.34. The lowest BCUT2D eigenvalue weighted by molar-refractivity contribution is -0.137. The number of aromatic nitrogens is 2. The van der Waals surface area contributed by atoms with E-state index in [4.69, 9.17) is 9.72 Å². The summed E-state index contributed by atoms with van der Waals surface area (Å²) in [5.74, 6) is 2.21. The minimum atomic E-state index is 0.0280. The number of benzene rings is 3. The molecule has 7 nitrogen and oxygen atoms in total. The molecule has 4 aromatic rings. The van der Waals surface area contributed by atoms with Crippen molar-refractivity contribution in [2.24, 2.45) is 5.92 Å². The van der Waals surface area contributed by atoms with Crippen LogP contribution in [0.2, 0.25) is 0 Å². The number of carbonyl (C=O) groups is 1. The second-order valence-corrected chi connectivity index (χ2v) is 11.3. The van der Waals surface area contributed by atoms with Gasteiger partial charge in [0.1, 0.15) is 11.6 Å². The first-order valence-corrected chi connectivity index (χ1v) is 14.5. The first-order chi connectivity index (χ1) is 19.1. The van der Waals surface area contributed by atoms with Crippen molar-refractivity contribution in [2.75, 3.05) is 51.3 Å². The molecule has 0 unspecified atom stereocenters. The quantitative estimate of drug-likeness (QED) is 0.304. The van der Waals surface area contributed by atoms with Crippen molar-refractivity contribution >= 4 is 38.6 Å². The van der Waals surface area contributed by atoms with Gasteiger partial charge in [0.15, 0.2) is 0 Å². The number of piperidine rings is 1. The SMILES string of the molecule is COc1ccccc1N1CCN(C(=O)[C@H]2CCCN(Cc3nc4ccccc4n3-c3cccc(Br)c3)C2)CC1. The van der Waals surface area contributed by atoms with Gasteiger partial charge in [-0.3, -0.25) is 14.3 Å². The lowest BCUT2D eigenvalue weighted by Crippen LogP contribution is -2.52. The summed E-state index contributed by atoms with van der Waals surface area (Å²) >= 11 is 3.62. The highest BCUT2D eigenvalue weighted by atomic mass is 79.9. The van der Waals surface area contributed by atoms with Gasteiger partial charge in [0.05, 0.1) is 36.3 Å². The van der Waals surface area contributed by atoms with E-state index >= 15 is 0 Å². The Balaban J connectivity index is 1.14. The summed E-state index contributed by atoms with van der Waals surface area (Å²) in [6, 6.07) is 24.8. The van der Waals surface area contributed by atoms with Gasteiger partial charge >= 0.3 is 0 Å². The van der Waals surface area contributed by atoms with Gasteiger partial charge in [-0.1, -0.05) is 46.3 Å². The van der Waals surface area contributed by atoms with Gasteiger partial charge in [0.25, 0.3) is 0 Å². The number of methoxy groups -OCH3 is 1. The van der Waals surface area contributed by atoms with E-state index < -0.39 is 0 Å². The third-order valence-electron chi connectivity index (χ3n) is 7.93. The molecule has 39 heavy (non-hydrogen) atoms. The van der Waals surface area contributed by atoms with Crippen LogP contribution in [0.15, 0.2) is 77.3 Å². The van der Waals surface area contributed by atoms with Gasteiger partial charge in [0.2, 0.25) is 5.91 Å². The molecule has 0 aliphatic carbocycles. The number of ether oxygens (including phenoxy) is 1. The average molecular weight is 589 g/mol. The third-order valence-corrected chi connectivity index (χ3v) is 8.43. The Labute approximate surface area is 238 Å². The number of imidazole rings is 1. The first kappa shape index (κ1) is 25.9. The summed E-state index contributed by atoms with van der Waals surface area (Å²) in [5.41, 5.74) is 4.28. The molecule has 1 aromatic heterocycles. The molecule has 2 aliphatic rings. The molecule has 2 aliphatic heterocycles. The zero-order chi connectivity index (χ0) is 26.8. The van der Waals surface area contributed by atoms with E-state index in [1.54, 1.807) is 7.11 Å². The van der Waals surface area contributed by atoms with Crippen molar-refractivity contribution in [3.63, 3.8) is 0 Å². The van der Waals surface area contributed by atoms with Gasteiger partial charge in [0, 0.05) is 42.9 Å². The van der Waals surface area contributed by atoms with E-state index in [0.29, 0.717) is 12.5 Å². The van der Waals surface area contributed by atoms with E-state index in [9.17, 15) is 4.79 Å².